The third kappa shape index (κ3) is 3.81. The molecule has 0 bridgehead atoms. The Bertz CT molecular complexity index is 237. The van der Waals surface area contributed by atoms with E-state index in [0.29, 0.717) is 6.04 Å². The van der Waals surface area contributed by atoms with Crippen LogP contribution in [0.15, 0.2) is 12.2 Å². The highest BCUT2D eigenvalue weighted by Gasteiger charge is 2.28. The Kier molecular flexibility index (Phi) is 4.37. The second kappa shape index (κ2) is 5.59. The summed E-state index contributed by atoms with van der Waals surface area (Å²) in [5.74, 6) is 0. The molecule has 1 saturated carbocycles. The zero-order chi connectivity index (χ0) is 11.4. The lowest BCUT2D eigenvalue weighted by molar-refractivity contribution is 0.314. The molecule has 16 heavy (non-hydrogen) atoms. The van der Waals surface area contributed by atoms with Gasteiger partial charge in [-0.25, -0.2) is 0 Å². The van der Waals surface area contributed by atoms with Gasteiger partial charge in [0.2, 0.25) is 0 Å². The van der Waals surface area contributed by atoms with Gasteiger partial charge < -0.3 is 5.32 Å². The average molecular weight is 239 g/mol. The van der Waals surface area contributed by atoms with Crippen molar-refractivity contribution in [1.82, 2.24) is 5.32 Å². The summed E-state index contributed by atoms with van der Waals surface area (Å²) in [4.78, 5) is 0. The minimum absolute atomic E-state index is 0.289. The summed E-state index contributed by atoms with van der Waals surface area (Å²) in [6.07, 6.45) is 15.2. The van der Waals surface area contributed by atoms with Crippen molar-refractivity contribution in [2.24, 2.45) is 0 Å². The van der Waals surface area contributed by atoms with Gasteiger partial charge in [-0.3, -0.25) is 0 Å². The van der Waals surface area contributed by atoms with E-state index in [4.69, 9.17) is 12.6 Å². The highest BCUT2D eigenvalue weighted by Crippen LogP contribution is 2.33. The van der Waals surface area contributed by atoms with Crippen molar-refractivity contribution in [1.29, 1.82) is 0 Å². The molecule has 1 nitrogen and oxygen atoms in total. The topological polar surface area (TPSA) is 12.0 Å². The second-order valence-corrected chi connectivity index (χ2v) is 6.84. The maximum atomic E-state index is 4.70. The van der Waals surface area contributed by atoms with Crippen LogP contribution in [0.25, 0.3) is 0 Å². The molecule has 1 fully saturated rings. The van der Waals surface area contributed by atoms with Crippen molar-refractivity contribution in [3.63, 3.8) is 0 Å². The minimum atomic E-state index is 0.289. The van der Waals surface area contributed by atoms with Crippen LogP contribution >= 0.6 is 12.6 Å². The van der Waals surface area contributed by atoms with Crippen LogP contribution in [-0.2, 0) is 0 Å². The second-order valence-electron chi connectivity index (χ2n) is 5.76. The number of rotatable bonds is 2. The molecule has 2 aliphatic carbocycles. The third-order valence-corrected chi connectivity index (χ3v) is 4.46. The molecule has 1 N–H and O–H groups in total. The molecule has 0 aromatic heterocycles. The molecule has 0 aromatic rings. The summed E-state index contributed by atoms with van der Waals surface area (Å²) in [6.45, 7) is 2.28. The summed E-state index contributed by atoms with van der Waals surface area (Å²) in [7, 11) is 0. The Labute approximate surface area is 105 Å². The number of thiol groups is 1. The number of hydrogen-bond acceptors (Lipinski definition) is 2. The molecule has 0 aromatic carbocycles. The lowest BCUT2D eigenvalue weighted by Crippen LogP contribution is -2.41. The van der Waals surface area contributed by atoms with Gasteiger partial charge in [0.25, 0.3) is 0 Å². The van der Waals surface area contributed by atoms with E-state index in [1.54, 1.807) is 0 Å². The Morgan fingerprint density at radius 3 is 2.69 bits per heavy atom. The summed E-state index contributed by atoms with van der Waals surface area (Å²) in [5.41, 5.74) is 0. The quantitative estimate of drug-likeness (QED) is 0.553. The molecule has 0 amide bonds. The van der Waals surface area contributed by atoms with Gasteiger partial charge in [0.15, 0.2) is 0 Å². The van der Waals surface area contributed by atoms with Crippen LogP contribution in [0.5, 0.6) is 0 Å². The first-order chi connectivity index (χ1) is 7.66. The van der Waals surface area contributed by atoms with E-state index in [9.17, 15) is 0 Å². The van der Waals surface area contributed by atoms with E-state index in [0.717, 1.165) is 6.04 Å². The largest absolute Gasteiger partial charge is 0.308 e. The maximum absolute atomic E-state index is 4.70. The van der Waals surface area contributed by atoms with Crippen molar-refractivity contribution in [3.05, 3.63) is 12.2 Å². The molecule has 2 rings (SSSR count). The SMILES string of the molecule is CC1(S)CCC(NC2C=CCCCC2)CC1. The van der Waals surface area contributed by atoms with Crippen molar-refractivity contribution in [2.45, 2.75) is 75.1 Å². The summed E-state index contributed by atoms with van der Waals surface area (Å²) >= 11 is 4.70. The summed E-state index contributed by atoms with van der Waals surface area (Å²) in [5, 5.41) is 3.81. The monoisotopic (exact) mass is 239 g/mol. The molecule has 0 saturated heterocycles. The molecule has 1 unspecified atom stereocenters. The minimum Gasteiger partial charge on any atom is -0.308 e. The van der Waals surface area contributed by atoms with Crippen LogP contribution in [0, 0.1) is 0 Å². The van der Waals surface area contributed by atoms with E-state index in [2.05, 4.69) is 24.4 Å². The van der Waals surface area contributed by atoms with Crippen molar-refractivity contribution in [2.75, 3.05) is 0 Å². The molecule has 0 spiro atoms. The lowest BCUT2D eigenvalue weighted by atomic mass is 9.86. The highest BCUT2D eigenvalue weighted by molar-refractivity contribution is 7.81. The van der Waals surface area contributed by atoms with Crippen molar-refractivity contribution < 1.29 is 0 Å². The summed E-state index contributed by atoms with van der Waals surface area (Å²) in [6, 6.07) is 1.37. The van der Waals surface area contributed by atoms with Crippen LogP contribution in [0.3, 0.4) is 0 Å². The number of nitrogens with one attached hydrogen (secondary N) is 1. The van der Waals surface area contributed by atoms with Crippen LogP contribution in [0.2, 0.25) is 0 Å². The Balaban J connectivity index is 1.77. The van der Waals surface area contributed by atoms with Gasteiger partial charge in [0, 0.05) is 16.8 Å². The van der Waals surface area contributed by atoms with Gasteiger partial charge in [-0.2, -0.15) is 12.6 Å². The molecule has 2 heteroatoms. The van der Waals surface area contributed by atoms with E-state index >= 15 is 0 Å². The van der Waals surface area contributed by atoms with E-state index in [-0.39, 0.29) is 4.75 Å². The Morgan fingerprint density at radius 2 is 1.94 bits per heavy atom. The van der Waals surface area contributed by atoms with Crippen LogP contribution in [0.4, 0.5) is 0 Å². The Morgan fingerprint density at radius 1 is 1.19 bits per heavy atom. The first-order valence-corrected chi connectivity index (χ1v) is 7.25. The normalized spacial score (nSPS) is 40.6. The summed E-state index contributed by atoms with van der Waals surface area (Å²) < 4.78 is 0.289. The first kappa shape index (κ1) is 12.5. The van der Waals surface area contributed by atoms with Gasteiger partial charge in [0.1, 0.15) is 0 Å². The highest BCUT2D eigenvalue weighted by atomic mass is 32.1. The zero-order valence-corrected chi connectivity index (χ0v) is 11.3. The zero-order valence-electron chi connectivity index (χ0n) is 10.4. The van der Waals surface area contributed by atoms with E-state index < -0.39 is 0 Å². The molecule has 1 atom stereocenters. The molecule has 0 radical (unpaired) electrons. The van der Waals surface area contributed by atoms with Crippen LogP contribution in [-0.4, -0.2) is 16.8 Å². The fourth-order valence-electron chi connectivity index (χ4n) is 2.83. The standard InChI is InChI=1S/C14H25NS/c1-14(16)10-8-13(9-11-14)15-12-6-4-2-3-5-7-12/h4,6,12-13,15-16H,2-3,5,7-11H2,1H3. The molecule has 92 valence electrons. The molecule has 0 aliphatic heterocycles. The molecule has 2 aliphatic rings. The molecule has 0 heterocycles. The average Bonchev–Trinajstić information content (AvgIpc) is 2.50. The number of hydrogen-bond donors (Lipinski definition) is 2. The van der Waals surface area contributed by atoms with Gasteiger partial charge in [-0.1, -0.05) is 25.5 Å². The van der Waals surface area contributed by atoms with Gasteiger partial charge in [-0.15, -0.1) is 0 Å². The molecular formula is C14H25NS. The van der Waals surface area contributed by atoms with Crippen LogP contribution < -0.4 is 5.32 Å². The van der Waals surface area contributed by atoms with Crippen LogP contribution in [0.1, 0.15) is 58.3 Å². The van der Waals surface area contributed by atoms with Gasteiger partial charge in [-0.05, 0) is 44.9 Å². The predicted molar refractivity (Wildman–Crippen MR) is 74.2 cm³/mol. The maximum Gasteiger partial charge on any atom is 0.0252 e. The third-order valence-electron chi connectivity index (χ3n) is 4.02. The molecular weight excluding hydrogens is 214 g/mol. The smallest absolute Gasteiger partial charge is 0.0252 e. The van der Waals surface area contributed by atoms with E-state index in [1.807, 2.05) is 0 Å². The Hall–Kier alpha value is 0.0500. The lowest BCUT2D eigenvalue weighted by Gasteiger charge is -2.35. The first-order valence-electron chi connectivity index (χ1n) is 6.81. The van der Waals surface area contributed by atoms with Gasteiger partial charge in [0.05, 0.1) is 0 Å². The fourth-order valence-corrected chi connectivity index (χ4v) is 3.09. The van der Waals surface area contributed by atoms with Crippen molar-refractivity contribution >= 4 is 12.6 Å². The predicted octanol–water partition coefficient (Wildman–Crippen LogP) is 3.71. The number of allylic oxidation sites excluding steroid dienone is 1. The fraction of sp³-hybridized carbons (Fsp3) is 0.857. The van der Waals surface area contributed by atoms with E-state index in [1.165, 1.54) is 51.4 Å². The van der Waals surface area contributed by atoms with Crippen molar-refractivity contribution in [3.8, 4) is 0 Å². The van der Waals surface area contributed by atoms with Gasteiger partial charge >= 0.3 is 0 Å².